The maximum Gasteiger partial charge on any atom is 0.178 e. The molecule has 5 atom stereocenters. The zero-order valence-corrected chi connectivity index (χ0v) is 21.9. The Bertz CT molecular complexity index is 1060. The molecule has 5 fully saturated rings. The number of carbonyl (C=O) groups excluding carboxylic acids is 1. The summed E-state index contributed by atoms with van der Waals surface area (Å²) < 4.78 is 12.8. The van der Waals surface area contributed by atoms with E-state index in [1.165, 1.54) is 48.8 Å². The van der Waals surface area contributed by atoms with E-state index in [4.69, 9.17) is 9.47 Å². The van der Waals surface area contributed by atoms with Gasteiger partial charge in [0, 0.05) is 18.3 Å². The van der Waals surface area contributed by atoms with Crippen LogP contribution in [0.5, 0.6) is 0 Å². The first-order valence-corrected chi connectivity index (χ1v) is 14.8. The lowest BCUT2D eigenvalue weighted by Crippen LogP contribution is -2.58. The highest BCUT2D eigenvalue weighted by Gasteiger charge is 2.63. The number of hydrogen-bond donors (Lipinski definition) is 1. The minimum atomic E-state index is -0.933. The van der Waals surface area contributed by atoms with Crippen molar-refractivity contribution in [1.82, 2.24) is 0 Å². The quantitative estimate of drug-likeness (QED) is 0.476. The van der Waals surface area contributed by atoms with Crippen LogP contribution >= 0.6 is 0 Å². The molecule has 4 saturated carbocycles. The molecule has 0 radical (unpaired) electrons. The molecule has 1 aliphatic heterocycles. The Morgan fingerprint density at radius 3 is 2.31 bits per heavy atom. The third kappa shape index (κ3) is 3.33. The topological polar surface area (TPSA) is 55.8 Å². The lowest BCUT2D eigenvalue weighted by atomic mass is 9.52. The van der Waals surface area contributed by atoms with Gasteiger partial charge in [-0.15, -0.1) is 0 Å². The first-order chi connectivity index (χ1) is 17.4. The van der Waals surface area contributed by atoms with Gasteiger partial charge < -0.3 is 14.6 Å². The summed E-state index contributed by atoms with van der Waals surface area (Å²) in [5, 5.41) is 12.7. The van der Waals surface area contributed by atoms with Gasteiger partial charge in [-0.2, -0.15) is 0 Å². The number of hydrogen-bond acceptors (Lipinski definition) is 4. The van der Waals surface area contributed by atoms with Crippen molar-refractivity contribution in [3.63, 3.8) is 0 Å². The van der Waals surface area contributed by atoms with Crippen molar-refractivity contribution in [2.75, 3.05) is 13.2 Å². The van der Waals surface area contributed by atoms with Crippen molar-refractivity contribution in [3.05, 3.63) is 46.5 Å². The van der Waals surface area contributed by atoms with E-state index in [-0.39, 0.29) is 11.3 Å². The number of benzene rings is 1. The number of fused-ring (bicyclic) bond motifs is 4. The summed E-state index contributed by atoms with van der Waals surface area (Å²) in [4.78, 5) is 12.8. The van der Waals surface area contributed by atoms with Gasteiger partial charge in [0.2, 0.25) is 0 Å². The maximum atomic E-state index is 12.8. The lowest BCUT2D eigenvalue weighted by Gasteiger charge is -2.56. The van der Waals surface area contributed by atoms with Gasteiger partial charge in [0.1, 0.15) is 5.78 Å². The summed E-state index contributed by atoms with van der Waals surface area (Å²) in [7, 11) is 0. The van der Waals surface area contributed by atoms with E-state index in [9.17, 15) is 9.90 Å². The fourth-order valence-electron chi connectivity index (χ4n) is 9.66. The van der Waals surface area contributed by atoms with E-state index >= 15 is 0 Å². The van der Waals surface area contributed by atoms with Crippen LogP contribution in [0, 0.1) is 17.3 Å². The summed E-state index contributed by atoms with van der Waals surface area (Å²) in [6.07, 6.45) is 13.7. The van der Waals surface area contributed by atoms with Gasteiger partial charge in [-0.25, -0.2) is 0 Å². The Labute approximate surface area is 215 Å². The average molecular weight is 491 g/mol. The Balaban J connectivity index is 1.27. The molecule has 0 aromatic heterocycles. The summed E-state index contributed by atoms with van der Waals surface area (Å²) in [5.41, 5.74) is 4.28. The van der Waals surface area contributed by atoms with Gasteiger partial charge in [0.05, 0.1) is 24.7 Å². The molecule has 1 saturated heterocycles. The Hall–Kier alpha value is -1.49. The molecule has 1 aromatic carbocycles. The zero-order chi connectivity index (χ0) is 24.5. The van der Waals surface area contributed by atoms with Crippen LogP contribution in [0.25, 0.3) is 0 Å². The number of allylic oxidation sites excluding steroid dienone is 1. The van der Waals surface area contributed by atoms with E-state index in [2.05, 4.69) is 31.2 Å². The van der Waals surface area contributed by atoms with E-state index in [1.54, 1.807) is 0 Å². The number of aliphatic hydroxyl groups is 1. The van der Waals surface area contributed by atoms with Gasteiger partial charge in [0.15, 0.2) is 5.79 Å². The second-order valence-electron chi connectivity index (χ2n) is 13.0. The highest BCUT2D eigenvalue weighted by molar-refractivity contribution is 5.87. The largest absolute Gasteiger partial charge is 0.385 e. The Morgan fingerprint density at radius 2 is 1.56 bits per heavy atom. The van der Waals surface area contributed by atoms with Crippen LogP contribution in [0.4, 0.5) is 0 Å². The number of ketones is 1. The molecule has 1 heterocycles. The van der Waals surface area contributed by atoms with E-state index < -0.39 is 11.4 Å². The fourth-order valence-corrected chi connectivity index (χ4v) is 9.66. The van der Waals surface area contributed by atoms with Crippen molar-refractivity contribution in [2.24, 2.45) is 17.3 Å². The van der Waals surface area contributed by atoms with Crippen LogP contribution in [0.2, 0.25) is 0 Å². The monoisotopic (exact) mass is 490 g/mol. The summed E-state index contributed by atoms with van der Waals surface area (Å²) in [6.45, 7) is 3.43. The Morgan fingerprint density at radius 1 is 0.833 bits per heavy atom. The van der Waals surface area contributed by atoms with Crippen molar-refractivity contribution in [1.29, 1.82) is 0 Å². The molecule has 194 valence electrons. The highest BCUT2D eigenvalue weighted by Crippen LogP contribution is 2.64. The molecule has 1 N–H and O–H groups in total. The minimum Gasteiger partial charge on any atom is -0.385 e. The smallest absolute Gasteiger partial charge is 0.178 e. The first kappa shape index (κ1) is 23.6. The van der Waals surface area contributed by atoms with E-state index in [0.717, 1.165) is 56.9 Å². The van der Waals surface area contributed by atoms with Crippen molar-refractivity contribution in [3.8, 4) is 0 Å². The van der Waals surface area contributed by atoms with Crippen LogP contribution in [0.1, 0.15) is 113 Å². The number of carbonyl (C=O) groups is 1. The minimum absolute atomic E-state index is 0.147. The van der Waals surface area contributed by atoms with Crippen molar-refractivity contribution in [2.45, 2.75) is 114 Å². The van der Waals surface area contributed by atoms with Gasteiger partial charge in [-0.3, -0.25) is 4.79 Å². The van der Waals surface area contributed by atoms with Gasteiger partial charge >= 0.3 is 0 Å². The third-order valence-corrected chi connectivity index (χ3v) is 11.5. The van der Waals surface area contributed by atoms with Crippen molar-refractivity contribution < 1.29 is 19.4 Å². The molecule has 6 aliphatic rings. The second kappa shape index (κ2) is 8.51. The molecular formula is C32H42O4. The standard InChI is InChI=1S/C32H42O4/c1-30-16-13-25-24(26(30)11-12-28(30)33)14-17-31(34)27(25)15-18-32(35-19-20-36-32)29(31)23-9-7-22(8-10-23)21-5-3-2-4-6-21/h7-10,21,24,26,29,34H,2-6,11-20H2,1H3/t24-,26+,29?,30+,31+/m1/s1. The predicted molar refractivity (Wildman–Crippen MR) is 139 cm³/mol. The summed E-state index contributed by atoms with van der Waals surface area (Å²) in [5.74, 6) is 1.12. The van der Waals surface area contributed by atoms with Crippen LogP contribution in [-0.2, 0) is 14.3 Å². The molecule has 4 nitrogen and oxygen atoms in total. The maximum absolute atomic E-state index is 12.8. The highest BCUT2D eigenvalue weighted by atomic mass is 16.7. The molecule has 7 rings (SSSR count). The SMILES string of the molecule is C[C@]12CCC3=C4CCC5(OCCO5)C(c5ccc(C6CCCCC6)cc5)[C@]4(O)CC[C@H]3[C@@H]1CCC2=O. The molecule has 36 heavy (non-hydrogen) atoms. The molecule has 1 unspecified atom stereocenters. The molecule has 0 amide bonds. The zero-order valence-electron chi connectivity index (χ0n) is 21.9. The lowest BCUT2D eigenvalue weighted by molar-refractivity contribution is -0.225. The Kier molecular flexibility index (Phi) is 5.58. The average Bonchev–Trinajstić information content (AvgIpc) is 3.48. The molecule has 4 heteroatoms. The normalized spacial score (nSPS) is 40.3. The summed E-state index contributed by atoms with van der Waals surface area (Å²) in [6, 6.07) is 9.18. The van der Waals surface area contributed by atoms with Crippen LogP contribution in [0.15, 0.2) is 35.4 Å². The molecule has 0 bridgehead atoms. The van der Waals surface area contributed by atoms with Crippen molar-refractivity contribution >= 4 is 5.78 Å². The van der Waals surface area contributed by atoms with Gasteiger partial charge in [-0.05, 0) is 85.8 Å². The number of ether oxygens (including phenoxy) is 2. The van der Waals surface area contributed by atoms with Crippen LogP contribution in [0.3, 0.4) is 0 Å². The molecule has 1 spiro atoms. The summed E-state index contributed by atoms with van der Waals surface area (Å²) >= 11 is 0. The third-order valence-electron chi connectivity index (χ3n) is 11.5. The van der Waals surface area contributed by atoms with Gasteiger partial charge in [0.25, 0.3) is 0 Å². The predicted octanol–water partition coefficient (Wildman–Crippen LogP) is 6.57. The van der Waals surface area contributed by atoms with E-state index in [1.807, 2.05) is 0 Å². The molecule has 5 aliphatic carbocycles. The molecule has 1 aromatic rings. The van der Waals surface area contributed by atoms with E-state index in [0.29, 0.717) is 36.8 Å². The number of Topliss-reactive ketones (excluding diaryl/α,β-unsaturated/α-hetero) is 1. The van der Waals surface area contributed by atoms with Crippen LogP contribution < -0.4 is 0 Å². The fraction of sp³-hybridized carbons (Fsp3) is 0.719. The van der Waals surface area contributed by atoms with Crippen LogP contribution in [-0.4, -0.2) is 35.5 Å². The number of rotatable bonds is 2. The van der Waals surface area contributed by atoms with Gasteiger partial charge in [-0.1, -0.05) is 56.0 Å². The first-order valence-electron chi connectivity index (χ1n) is 14.8. The second-order valence-corrected chi connectivity index (χ2v) is 13.0. The molecular weight excluding hydrogens is 448 g/mol.